The molecular weight excluding hydrogens is 315 g/mol. The number of aromatic hydroxyl groups is 1. The van der Waals surface area contributed by atoms with Crippen molar-refractivity contribution >= 4 is 24.8 Å². The van der Waals surface area contributed by atoms with Crippen LogP contribution in [-0.4, -0.2) is 50.4 Å². The Kier molecular flexibility index (Phi) is 8.82. The van der Waals surface area contributed by atoms with Crippen molar-refractivity contribution in [3.05, 3.63) is 17.7 Å². The first kappa shape index (κ1) is 20.1. The molecule has 1 saturated heterocycles. The van der Waals surface area contributed by atoms with Crippen LogP contribution in [0.1, 0.15) is 18.5 Å². The van der Waals surface area contributed by atoms with Crippen molar-refractivity contribution in [1.82, 2.24) is 10.2 Å². The number of halogens is 2. The maximum absolute atomic E-state index is 9.93. The zero-order valence-electron chi connectivity index (χ0n) is 12.6. The smallest absolute Gasteiger partial charge is 0.200 e. The Morgan fingerprint density at radius 1 is 1.10 bits per heavy atom. The fourth-order valence-corrected chi connectivity index (χ4v) is 2.44. The maximum atomic E-state index is 9.93. The van der Waals surface area contributed by atoms with Crippen LogP contribution in [0.25, 0.3) is 0 Å². The summed E-state index contributed by atoms with van der Waals surface area (Å²) >= 11 is 0. The molecule has 0 bridgehead atoms. The third-order valence-corrected chi connectivity index (χ3v) is 3.68. The van der Waals surface area contributed by atoms with Gasteiger partial charge in [-0.05, 0) is 24.6 Å². The third-order valence-electron chi connectivity index (χ3n) is 3.68. The van der Waals surface area contributed by atoms with E-state index in [1.54, 1.807) is 14.2 Å². The molecule has 0 radical (unpaired) electrons. The van der Waals surface area contributed by atoms with Crippen LogP contribution in [0.3, 0.4) is 0 Å². The summed E-state index contributed by atoms with van der Waals surface area (Å²) in [4.78, 5) is 2.40. The Hall–Kier alpha value is -0.880. The number of nitrogens with zero attached hydrogens (tertiary/aromatic N) is 1. The Morgan fingerprint density at radius 3 is 2.00 bits per heavy atom. The number of rotatable bonds is 4. The van der Waals surface area contributed by atoms with Gasteiger partial charge in [-0.15, -0.1) is 24.8 Å². The Bertz CT molecular complexity index is 415. The van der Waals surface area contributed by atoms with Crippen LogP contribution in [-0.2, 0) is 0 Å². The summed E-state index contributed by atoms with van der Waals surface area (Å²) in [5.74, 6) is 0.967. The number of hydrogen-bond acceptors (Lipinski definition) is 5. The highest BCUT2D eigenvalue weighted by molar-refractivity contribution is 5.85. The fourth-order valence-electron chi connectivity index (χ4n) is 2.44. The van der Waals surface area contributed by atoms with E-state index in [1.165, 1.54) is 0 Å². The molecule has 1 fully saturated rings. The van der Waals surface area contributed by atoms with Crippen LogP contribution in [0.2, 0.25) is 0 Å². The molecule has 1 aliphatic rings. The molecular formula is C14H24Cl2N2O3. The predicted molar refractivity (Wildman–Crippen MR) is 88.6 cm³/mol. The molecule has 21 heavy (non-hydrogen) atoms. The van der Waals surface area contributed by atoms with Gasteiger partial charge < -0.3 is 19.9 Å². The second-order valence-corrected chi connectivity index (χ2v) is 4.74. The lowest BCUT2D eigenvalue weighted by Crippen LogP contribution is -2.44. The first-order valence-electron chi connectivity index (χ1n) is 6.57. The molecule has 7 heteroatoms. The second-order valence-electron chi connectivity index (χ2n) is 4.74. The number of phenolic OH excluding ortho intramolecular Hbond substituents is 1. The predicted octanol–water partition coefficient (Wildman–Crippen LogP) is 2.22. The van der Waals surface area contributed by atoms with Gasteiger partial charge in [0.1, 0.15) is 0 Å². The largest absolute Gasteiger partial charge is 0.502 e. The minimum absolute atomic E-state index is 0. The van der Waals surface area contributed by atoms with Crippen molar-refractivity contribution in [2.24, 2.45) is 0 Å². The number of hydrogen-bond donors (Lipinski definition) is 2. The fraction of sp³-hybridized carbons (Fsp3) is 0.571. The van der Waals surface area contributed by atoms with Crippen LogP contribution in [0.15, 0.2) is 12.1 Å². The number of benzene rings is 1. The number of piperazine rings is 1. The minimum atomic E-state index is 0. The number of nitrogens with one attached hydrogen (secondary N) is 1. The molecule has 0 unspecified atom stereocenters. The first-order chi connectivity index (χ1) is 9.17. The van der Waals surface area contributed by atoms with E-state index < -0.39 is 0 Å². The molecule has 5 nitrogen and oxygen atoms in total. The van der Waals surface area contributed by atoms with Gasteiger partial charge in [-0.1, -0.05) is 0 Å². The average Bonchev–Trinajstić information content (AvgIpc) is 2.47. The summed E-state index contributed by atoms with van der Waals surface area (Å²) in [6, 6.07) is 4.03. The van der Waals surface area contributed by atoms with E-state index >= 15 is 0 Å². The maximum Gasteiger partial charge on any atom is 0.200 e. The lowest BCUT2D eigenvalue weighted by molar-refractivity contribution is 0.185. The molecule has 1 heterocycles. The standard InChI is InChI=1S/C14H22N2O3.2ClH/c1-10(16-6-4-15-5-7-16)11-8-12(18-2)14(17)13(9-11)19-3;;/h8-10,15,17H,4-7H2,1-3H3;2*1H/t10-;;/m0../s1. The molecule has 1 aliphatic heterocycles. The van der Waals surface area contributed by atoms with Gasteiger partial charge in [0.25, 0.3) is 0 Å². The van der Waals surface area contributed by atoms with Gasteiger partial charge in [0, 0.05) is 32.2 Å². The summed E-state index contributed by atoms with van der Waals surface area (Å²) in [5.41, 5.74) is 1.09. The molecule has 0 spiro atoms. The Balaban J connectivity index is 0.00000200. The zero-order chi connectivity index (χ0) is 13.8. The van der Waals surface area contributed by atoms with Gasteiger partial charge in [-0.2, -0.15) is 0 Å². The van der Waals surface area contributed by atoms with Crippen LogP contribution in [0, 0.1) is 0 Å². The lowest BCUT2D eigenvalue weighted by Gasteiger charge is -2.33. The van der Waals surface area contributed by atoms with Crippen LogP contribution >= 0.6 is 24.8 Å². The van der Waals surface area contributed by atoms with Gasteiger partial charge >= 0.3 is 0 Å². The minimum Gasteiger partial charge on any atom is -0.502 e. The molecule has 0 amide bonds. The molecule has 1 atom stereocenters. The van der Waals surface area contributed by atoms with Crippen molar-refractivity contribution in [3.8, 4) is 17.2 Å². The van der Waals surface area contributed by atoms with Gasteiger partial charge in [0.15, 0.2) is 11.5 Å². The first-order valence-corrected chi connectivity index (χ1v) is 6.57. The van der Waals surface area contributed by atoms with Crippen molar-refractivity contribution in [3.63, 3.8) is 0 Å². The summed E-state index contributed by atoms with van der Waals surface area (Å²) in [6.45, 7) is 6.23. The molecule has 0 aromatic heterocycles. The molecule has 0 aliphatic carbocycles. The van der Waals surface area contributed by atoms with Crippen molar-refractivity contribution < 1.29 is 14.6 Å². The molecule has 1 aromatic rings. The van der Waals surface area contributed by atoms with Crippen molar-refractivity contribution in [1.29, 1.82) is 0 Å². The van der Waals surface area contributed by atoms with E-state index in [9.17, 15) is 5.11 Å². The average molecular weight is 339 g/mol. The van der Waals surface area contributed by atoms with Crippen molar-refractivity contribution in [2.75, 3.05) is 40.4 Å². The number of methoxy groups -OCH3 is 2. The number of ether oxygens (including phenoxy) is 2. The topological polar surface area (TPSA) is 54.0 Å². The second kappa shape index (κ2) is 9.20. The van der Waals surface area contributed by atoms with E-state index in [1.807, 2.05) is 12.1 Å². The van der Waals surface area contributed by atoms with Crippen molar-refractivity contribution in [2.45, 2.75) is 13.0 Å². The van der Waals surface area contributed by atoms with E-state index in [0.717, 1.165) is 31.7 Å². The Morgan fingerprint density at radius 2 is 1.57 bits per heavy atom. The quantitative estimate of drug-likeness (QED) is 0.881. The normalized spacial score (nSPS) is 16.3. The highest BCUT2D eigenvalue weighted by Gasteiger charge is 2.21. The van der Waals surface area contributed by atoms with E-state index in [4.69, 9.17) is 9.47 Å². The Labute approximate surface area is 138 Å². The van der Waals surface area contributed by atoms with Gasteiger partial charge in [-0.25, -0.2) is 0 Å². The van der Waals surface area contributed by atoms with Gasteiger partial charge in [-0.3, -0.25) is 4.90 Å². The lowest BCUT2D eigenvalue weighted by atomic mass is 10.0. The monoisotopic (exact) mass is 338 g/mol. The summed E-state index contributed by atoms with van der Waals surface area (Å²) in [7, 11) is 3.10. The highest BCUT2D eigenvalue weighted by atomic mass is 35.5. The van der Waals surface area contributed by atoms with Crippen LogP contribution in [0.5, 0.6) is 17.2 Å². The molecule has 1 aromatic carbocycles. The molecule has 2 rings (SSSR count). The zero-order valence-corrected chi connectivity index (χ0v) is 14.2. The molecule has 2 N–H and O–H groups in total. The summed E-state index contributed by atoms with van der Waals surface area (Å²) in [5, 5.41) is 13.3. The van der Waals surface area contributed by atoms with Gasteiger partial charge in [0.2, 0.25) is 5.75 Å². The SMILES string of the molecule is COc1cc([C@H](C)N2CCNCC2)cc(OC)c1O.Cl.Cl. The highest BCUT2D eigenvalue weighted by Crippen LogP contribution is 2.39. The van der Waals surface area contributed by atoms with E-state index in [0.29, 0.717) is 11.5 Å². The van der Waals surface area contributed by atoms with Crippen LogP contribution in [0.4, 0.5) is 0 Å². The molecule has 0 saturated carbocycles. The van der Waals surface area contributed by atoms with Crippen LogP contribution < -0.4 is 14.8 Å². The summed E-state index contributed by atoms with van der Waals surface area (Å²) in [6.07, 6.45) is 0. The van der Waals surface area contributed by atoms with Gasteiger partial charge in [0.05, 0.1) is 14.2 Å². The number of phenols is 1. The summed E-state index contributed by atoms with van der Waals surface area (Å²) < 4.78 is 10.4. The van der Waals surface area contributed by atoms with E-state index in [2.05, 4.69) is 17.1 Å². The van der Waals surface area contributed by atoms with E-state index in [-0.39, 0.29) is 36.6 Å². The molecule has 122 valence electrons. The third kappa shape index (κ3) is 4.54.